The number of hydrogen-bond acceptors (Lipinski definition) is 5. The molecule has 4 rings (SSSR count). The number of nitrogens with zero attached hydrogens (tertiary/aromatic N) is 2. The van der Waals surface area contributed by atoms with E-state index in [0.29, 0.717) is 19.2 Å². The summed E-state index contributed by atoms with van der Waals surface area (Å²) in [5.41, 5.74) is 0.610. The van der Waals surface area contributed by atoms with Gasteiger partial charge in [0.15, 0.2) is 0 Å². The van der Waals surface area contributed by atoms with Crippen LogP contribution in [-0.2, 0) is 14.9 Å². The quantitative estimate of drug-likeness (QED) is 0.862. The lowest BCUT2D eigenvalue weighted by molar-refractivity contribution is -0.131. The van der Waals surface area contributed by atoms with Crippen molar-refractivity contribution >= 4 is 5.91 Å². The van der Waals surface area contributed by atoms with E-state index in [1.807, 2.05) is 18.2 Å². The Balaban J connectivity index is 1.36. The Hall–Kier alpha value is -2.47. The second-order valence-corrected chi connectivity index (χ2v) is 7.66. The van der Waals surface area contributed by atoms with Crippen LogP contribution in [0.15, 0.2) is 48.8 Å². The number of carbonyl (C=O) groups is 1. The van der Waals surface area contributed by atoms with Gasteiger partial charge >= 0.3 is 6.01 Å². The second-order valence-electron chi connectivity index (χ2n) is 7.66. The van der Waals surface area contributed by atoms with Crippen molar-refractivity contribution in [1.29, 1.82) is 0 Å². The first kappa shape index (κ1) is 18.9. The van der Waals surface area contributed by atoms with E-state index in [1.54, 1.807) is 18.5 Å². The molecule has 2 heterocycles. The highest BCUT2D eigenvalue weighted by Gasteiger charge is 2.42. The van der Waals surface area contributed by atoms with Gasteiger partial charge in [-0.2, -0.15) is 0 Å². The third-order valence-corrected chi connectivity index (χ3v) is 5.93. The average Bonchev–Trinajstić information content (AvgIpc) is 2.77. The number of rotatable bonds is 5. The number of amides is 1. The van der Waals surface area contributed by atoms with E-state index in [2.05, 4.69) is 27.4 Å². The topological polar surface area (TPSA) is 73.3 Å². The van der Waals surface area contributed by atoms with Crippen LogP contribution in [0, 0.1) is 0 Å². The molecule has 0 radical (unpaired) electrons. The van der Waals surface area contributed by atoms with E-state index in [1.165, 1.54) is 0 Å². The minimum Gasteiger partial charge on any atom is -0.460 e. The molecule has 2 aromatic rings. The average molecular weight is 381 g/mol. The normalized spacial score (nSPS) is 24.3. The van der Waals surface area contributed by atoms with Crippen LogP contribution >= 0.6 is 0 Å². The molecule has 0 unspecified atom stereocenters. The third kappa shape index (κ3) is 4.17. The molecule has 2 aliphatic rings. The van der Waals surface area contributed by atoms with Crippen molar-refractivity contribution in [3.8, 4) is 6.01 Å². The first-order valence-corrected chi connectivity index (χ1v) is 10.1. The van der Waals surface area contributed by atoms with Crippen molar-refractivity contribution in [2.75, 3.05) is 13.2 Å². The number of hydrogen-bond donors (Lipinski definition) is 1. The van der Waals surface area contributed by atoms with Crippen LogP contribution in [0.25, 0.3) is 0 Å². The maximum atomic E-state index is 13.3. The largest absolute Gasteiger partial charge is 0.460 e. The molecule has 1 saturated carbocycles. The van der Waals surface area contributed by atoms with Crippen molar-refractivity contribution in [2.45, 2.75) is 56.1 Å². The number of carbonyl (C=O) groups excluding carboxylic acids is 1. The fraction of sp³-hybridized carbons (Fsp3) is 0.500. The Morgan fingerprint density at radius 2 is 1.68 bits per heavy atom. The first-order chi connectivity index (χ1) is 13.8. The molecule has 6 heteroatoms. The fourth-order valence-corrected chi connectivity index (χ4v) is 4.27. The van der Waals surface area contributed by atoms with E-state index >= 15 is 0 Å². The number of nitrogens with one attached hydrogen (secondary N) is 1. The van der Waals surface area contributed by atoms with Crippen molar-refractivity contribution < 1.29 is 14.3 Å². The van der Waals surface area contributed by atoms with Gasteiger partial charge in [0.1, 0.15) is 6.10 Å². The van der Waals surface area contributed by atoms with E-state index < -0.39 is 5.41 Å². The maximum absolute atomic E-state index is 13.3. The van der Waals surface area contributed by atoms with Crippen LogP contribution in [0.3, 0.4) is 0 Å². The molecule has 0 spiro atoms. The summed E-state index contributed by atoms with van der Waals surface area (Å²) in [5.74, 6) is 0.137. The third-order valence-electron chi connectivity index (χ3n) is 5.93. The van der Waals surface area contributed by atoms with Crippen LogP contribution in [0.5, 0.6) is 6.01 Å². The molecule has 2 fully saturated rings. The number of aromatic nitrogens is 2. The van der Waals surface area contributed by atoms with Gasteiger partial charge in [0.05, 0.1) is 5.41 Å². The van der Waals surface area contributed by atoms with E-state index in [0.717, 1.165) is 44.1 Å². The predicted octanol–water partition coefficient (Wildman–Crippen LogP) is 3.03. The van der Waals surface area contributed by atoms with Gasteiger partial charge in [0.2, 0.25) is 5.91 Å². The summed E-state index contributed by atoms with van der Waals surface area (Å²) in [5, 5.41) is 3.33. The van der Waals surface area contributed by atoms with Crippen LogP contribution in [0.1, 0.15) is 44.1 Å². The molecule has 148 valence electrons. The molecule has 1 aliphatic heterocycles. The van der Waals surface area contributed by atoms with Gasteiger partial charge in [-0.3, -0.25) is 4.79 Å². The smallest absolute Gasteiger partial charge is 0.316 e. The Bertz CT molecular complexity index is 755. The Labute approximate surface area is 165 Å². The summed E-state index contributed by atoms with van der Waals surface area (Å²) >= 11 is 0. The van der Waals surface area contributed by atoms with E-state index in [9.17, 15) is 4.79 Å². The Morgan fingerprint density at radius 3 is 2.36 bits per heavy atom. The second kappa shape index (κ2) is 8.69. The van der Waals surface area contributed by atoms with Crippen molar-refractivity contribution in [3.05, 3.63) is 54.4 Å². The summed E-state index contributed by atoms with van der Waals surface area (Å²) in [4.78, 5) is 21.6. The number of benzene rings is 1. The van der Waals surface area contributed by atoms with Gasteiger partial charge in [-0.25, -0.2) is 9.97 Å². The summed E-state index contributed by atoms with van der Waals surface area (Å²) in [7, 11) is 0. The molecule has 1 amide bonds. The fourth-order valence-electron chi connectivity index (χ4n) is 4.27. The molecule has 1 aromatic carbocycles. The Morgan fingerprint density at radius 1 is 1.00 bits per heavy atom. The zero-order valence-electron chi connectivity index (χ0n) is 16.0. The van der Waals surface area contributed by atoms with Crippen molar-refractivity contribution in [1.82, 2.24) is 15.3 Å². The predicted molar refractivity (Wildman–Crippen MR) is 105 cm³/mol. The minimum atomic E-state index is -0.481. The summed E-state index contributed by atoms with van der Waals surface area (Å²) < 4.78 is 11.4. The molecule has 28 heavy (non-hydrogen) atoms. The molecule has 1 aliphatic carbocycles. The molecule has 0 atom stereocenters. The van der Waals surface area contributed by atoms with Crippen LogP contribution in [-0.4, -0.2) is 41.2 Å². The molecule has 0 bridgehead atoms. The first-order valence-electron chi connectivity index (χ1n) is 10.1. The summed E-state index contributed by atoms with van der Waals surface area (Å²) in [6.45, 7) is 1.25. The van der Waals surface area contributed by atoms with Crippen LogP contribution < -0.4 is 10.1 Å². The number of ether oxygens (including phenoxy) is 2. The van der Waals surface area contributed by atoms with E-state index in [-0.39, 0.29) is 18.1 Å². The van der Waals surface area contributed by atoms with Crippen LogP contribution in [0.2, 0.25) is 0 Å². The SMILES string of the molecule is O=C(NC1CCC(Oc2ncccn2)CC1)C1(c2ccccc2)CCOCC1. The van der Waals surface area contributed by atoms with E-state index in [4.69, 9.17) is 9.47 Å². The van der Waals surface area contributed by atoms with Gasteiger partial charge in [-0.1, -0.05) is 30.3 Å². The lowest BCUT2D eigenvalue weighted by Crippen LogP contribution is -2.52. The highest BCUT2D eigenvalue weighted by Crippen LogP contribution is 2.35. The lowest BCUT2D eigenvalue weighted by Gasteiger charge is -2.38. The van der Waals surface area contributed by atoms with Gasteiger partial charge in [-0.05, 0) is 50.2 Å². The molecular weight excluding hydrogens is 354 g/mol. The molecule has 1 saturated heterocycles. The summed E-state index contributed by atoms with van der Waals surface area (Å²) in [6.07, 6.45) is 8.54. The minimum absolute atomic E-state index is 0.113. The summed E-state index contributed by atoms with van der Waals surface area (Å²) in [6, 6.07) is 12.5. The standard InChI is InChI=1S/C22H27N3O3/c26-20(22(11-15-27-16-12-22)17-5-2-1-3-6-17)25-18-7-9-19(10-8-18)28-21-23-13-4-14-24-21/h1-6,13-14,18-19H,7-12,15-16H2,(H,25,26). The molecular formula is C22H27N3O3. The van der Waals surface area contributed by atoms with Gasteiger partial charge in [0.25, 0.3) is 0 Å². The van der Waals surface area contributed by atoms with Crippen LogP contribution in [0.4, 0.5) is 0 Å². The lowest BCUT2D eigenvalue weighted by atomic mass is 9.73. The monoisotopic (exact) mass is 381 g/mol. The maximum Gasteiger partial charge on any atom is 0.316 e. The van der Waals surface area contributed by atoms with Gasteiger partial charge in [0, 0.05) is 31.6 Å². The Kier molecular flexibility index (Phi) is 5.86. The van der Waals surface area contributed by atoms with Gasteiger partial charge in [-0.15, -0.1) is 0 Å². The molecule has 6 nitrogen and oxygen atoms in total. The zero-order chi connectivity index (χ0) is 19.2. The zero-order valence-corrected chi connectivity index (χ0v) is 16.0. The van der Waals surface area contributed by atoms with Gasteiger partial charge < -0.3 is 14.8 Å². The molecule has 1 N–H and O–H groups in total. The van der Waals surface area contributed by atoms with Crippen molar-refractivity contribution in [3.63, 3.8) is 0 Å². The highest BCUT2D eigenvalue weighted by molar-refractivity contribution is 5.88. The van der Waals surface area contributed by atoms with Crippen molar-refractivity contribution in [2.24, 2.45) is 0 Å². The highest BCUT2D eigenvalue weighted by atomic mass is 16.5. The molecule has 1 aromatic heterocycles.